The molecule has 0 aromatic carbocycles. The number of carbonyl (C=O) groups is 1. The van der Waals surface area contributed by atoms with Gasteiger partial charge in [0.25, 0.3) is 0 Å². The van der Waals surface area contributed by atoms with Crippen LogP contribution in [0.5, 0.6) is 0 Å². The van der Waals surface area contributed by atoms with Gasteiger partial charge in [-0.25, -0.2) is 9.18 Å². The Kier molecular flexibility index (Phi) is 2.99. The Bertz CT molecular complexity index is 173. The Balaban J connectivity index is 2.58. The van der Waals surface area contributed by atoms with Gasteiger partial charge in [-0.15, -0.1) is 0 Å². The maximum atomic E-state index is 12.9. The van der Waals surface area contributed by atoms with Crippen LogP contribution in [0.25, 0.3) is 0 Å². The summed E-state index contributed by atoms with van der Waals surface area (Å²) in [5.41, 5.74) is 0. The largest absolute Gasteiger partial charge is 0.455 e. The molecule has 2 unspecified atom stereocenters. The van der Waals surface area contributed by atoms with Crippen LogP contribution in [-0.4, -0.2) is 45.2 Å². The van der Waals surface area contributed by atoms with Crippen molar-refractivity contribution >= 4 is 5.97 Å². The average molecular weight is 178 g/mol. The molecule has 0 amide bonds. The maximum Gasteiger partial charge on any atom is 0.344 e. The lowest BCUT2D eigenvalue weighted by molar-refractivity contribution is -0.146. The van der Waals surface area contributed by atoms with Crippen molar-refractivity contribution in [3.63, 3.8) is 0 Å². The van der Waals surface area contributed by atoms with E-state index in [1.807, 2.05) is 0 Å². The molecule has 4 nitrogen and oxygen atoms in total. The zero-order chi connectivity index (χ0) is 9.14. The molecule has 0 saturated carbocycles. The van der Waals surface area contributed by atoms with Crippen LogP contribution in [-0.2, 0) is 19.0 Å². The van der Waals surface area contributed by atoms with Gasteiger partial charge in [0, 0.05) is 14.2 Å². The van der Waals surface area contributed by atoms with E-state index in [1.54, 1.807) is 0 Å². The molecule has 1 heterocycles. The van der Waals surface area contributed by atoms with Gasteiger partial charge < -0.3 is 14.2 Å². The van der Waals surface area contributed by atoms with Gasteiger partial charge in [0.1, 0.15) is 6.10 Å². The van der Waals surface area contributed by atoms with Crippen molar-refractivity contribution in [2.45, 2.75) is 18.4 Å². The van der Waals surface area contributed by atoms with Crippen molar-refractivity contribution in [1.82, 2.24) is 0 Å². The molecule has 5 heteroatoms. The lowest BCUT2D eigenvalue weighted by Crippen LogP contribution is -2.33. The molecule has 12 heavy (non-hydrogen) atoms. The number of rotatable bonds is 3. The second-order valence-electron chi connectivity index (χ2n) is 2.53. The van der Waals surface area contributed by atoms with Gasteiger partial charge in [-0.3, -0.25) is 0 Å². The first-order chi connectivity index (χ1) is 5.70. The van der Waals surface area contributed by atoms with Gasteiger partial charge in [0.2, 0.25) is 6.17 Å². The van der Waals surface area contributed by atoms with Gasteiger partial charge >= 0.3 is 5.97 Å². The predicted octanol–water partition coefficient (Wildman–Crippen LogP) is -0.0887. The Hall–Kier alpha value is -0.680. The van der Waals surface area contributed by atoms with E-state index in [0.717, 1.165) is 0 Å². The summed E-state index contributed by atoms with van der Waals surface area (Å²) in [6.07, 6.45) is -3.14. The van der Waals surface area contributed by atoms with Gasteiger partial charge in [-0.2, -0.15) is 0 Å². The third kappa shape index (κ3) is 1.56. The van der Waals surface area contributed by atoms with Crippen LogP contribution in [0.15, 0.2) is 0 Å². The molecular formula is C7H11FO4. The van der Waals surface area contributed by atoms with E-state index < -0.39 is 24.3 Å². The molecule has 1 fully saturated rings. The Morgan fingerprint density at radius 2 is 2.25 bits per heavy atom. The summed E-state index contributed by atoms with van der Waals surface area (Å²) in [6.45, 7) is 0.157. The number of methoxy groups -OCH3 is 2. The van der Waals surface area contributed by atoms with Crippen molar-refractivity contribution in [3.05, 3.63) is 0 Å². The van der Waals surface area contributed by atoms with E-state index in [-0.39, 0.29) is 6.61 Å². The fraction of sp³-hybridized carbons (Fsp3) is 0.857. The maximum absolute atomic E-state index is 12.9. The number of ether oxygens (including phenoxy) is 3. The van der Waals surface area contributed by atoms with E-state index in [2.05, 4.69) is 4.74 Å². The van der Waals surface area contributed by atoms with Crippen LogP contribution in [0.3, 0.4) is 0 Å². The molecule has 0 aromatic rings. The summed E-state index contributed by atoms with van der Waals surface area (Å²) in [5, 5.41) is 0. The second kappa shape index (κ2) is 3.82. The molecule has 3 atom stereocenters. The van der Waals surface area contributed by atoms with Crippen molar-refractivity contribution in [1.29, 1.82) is 0 Å². The SMILES string of the molecule is COC[C@H]1OC(=O)C(F)C1OC. The monoisotopic (exact) mass is 178 g/mol. The molecule has 0 radical (unpaired) electrons. The predicted molar refractivity (Wildman–Crippen MR) is 37.4 cm³/mol. The summed E-state index contributed by atoms with van der Waals surface area (Å²) in [4.78, 5) is 10.7. The van der Waals surface area contributed by atoms with Crippen LogP contribution < -0.4 is 0 Å². The zero-order valence-corrected chi connectivity index (χ0v) is 6.95. The van der Waals surface area contributed by atoms with Crippen molar-refractivity contribution in [3.8, 4) is 0 Å². The topological polar surface area (TPSA) is 44.8 Å². The fourth-order valence-corrected chi connectivity index (χ4v) is 1.17. The molecule has 0 bridgehead atoms. The van der Waals surface area contributed by atoms with Crippen molar-refractivity contribution < 1.29 is 23.4 Å². The first-order valence-corrected chi connectivity index (χ1v) is 3.57. The van der Waals surface area contributed by atoms with E-state index in [4.69, 9.17) is 9.47 Å². The van der Waals surface area contributed by atoms with Crippen molar-refractivity contribution in [2.24, 2.45) is 0 Å². The van der Waals surface area contributed by atoms with Gasteiger partial charge in [-0.05, 0) is 0 Å². The third-order valence-corrected chi connectivity index (χ3v) is 1.75. The van der Waals surface area contributed by atoms with Crippen LogP contribution in [0, 0.1) is 0 Å². The van der Waals surface area contributed by atoms with Gasteiger partial charge in [0.15, 0.2) is 6.10 Å². The van der Waals surface area contributed by atoms with E-state index >= 15 is 0 Å². The van der Waals surface area contributed by atoms with E-state index in [1.165, 1.54) is 14.2 Å². The highest BCUT2D eigenvalue weighted by Gasteiger charge is 2.45. The van der Waals surface area contributed by atoms with Gasteiger partial charge in [0.05, 0.1) is 6.61 Å². The molecule has 1 aliphatic heterocycles. The lowest BCUT2D eigenvalue weighted by atomic mass is 10.2. The molecule has 1 saturated heterocycles. The number of cyclic esters (lactones) is 1. The number of halogens is 1. The Morgan fingerprint density at radius 3 is 2.75 bits per heavy atom. The summed E-state index contributed by atoms with van der Waals surface area (Å²) in [5.74, 6) is -0.871. The Labute approximate surface area is 69.6 Å². The minimum absolute atomic E-state index is 0.157. The highest BCUT2D eigenvalue weighted by Crippen LogP contribution is 2.21. The van der Waals surface area contributed by atoms with Crippen LogP contribution >= 0.6 is 0 Å². The highest BCUT2D eigenvalue weighted by atomic mass is 19.1. The van der Waals surface area contributed by atoms with Gasteiger partial charge in [-0.1, -0.05) is 0 Å². The lowest BCUT2D eigenvalue weighted by Gasteiger charge is -2.14. The fourth-order valence-electron chi connectivity index (χ4n) is 1.17. The van der Waals surface area contributed by atoms with Crippen molar-refractivity contribution in [2.75, 3.05) is 20.8 Å². The van der Waals surface area contributed by atoms with E-state index in [9.17, 15) is 9.18 Å². The normalized spacial score (nSPS) is 35.2. The van der Waals surface area contributed by atoms with E-state index in [0.29, 0.717) is 0 Å². The molecule has 0 aliphatic carbocycles. The van der Waals surface area contributed by atoms with Crippen LogP contribution in [0.4, 0.5) is 4.39 Å². The number of alkyl halides is 1. The smallest absolute Gasteiger partial charge is 0.344 e. The molecule has 70 valence electrons. The average Bonchev–Trinajstić information content (AvgIpc) is 2.29. The summed E-state index contributed by atoms with van der Waals surface area (Å²) >= 11 is 0. The number of carbonyl (C=O) groups excluding carboxylic acids is 1. The molecule has 1 aliphatic rings. The minimum Gasteiger partial charge on any atom is -0.455 e. The molecular weight excluding hydrogens is 167 g/mol. The summed E-state index contributed by atoms with van der Waals surface area (Å²) < 4.78 is 27.0. The van der Waals surface area contributed by atoms with Crippen LogP contribution in [0.1, 0.15) is 0 Å². The minimum atomic E-state index is -1.69. The molecule has 0 aromatic heterocycles. The molecule has 1 rings (SSSR count). The number of esters is 1. The Morgan fingerprint density at radius 1 is 1.58 bits per heavy atom. The number of hydrogen-bond acceptors (Lipinski definition) is 4. The number of hydrogen-bond donors (Lipinski definition) is 0. The standard InChI is InChI=1S/C7H11FO4/c1-10-3-4-6(11-2)5(8)7(9)12-4/h4-6H,3H2,1-2H3/t4-,5?,6?/m1/s1. The quantitative estimate of drug-likeness (QED) is 0.566. The zero-order valence-electron chi connectivity index (χ0n) is 6.95. The molecule has 0 N–H and O–H groups in total. The summed E-state index contributed by atoms with van der Waals surface area (Å²) in [6, 6.07) is 0. The van der Waals surface area contributed by atoms with Crippen LogP contribution in [0.2, 0.25) is 0 Å². The first kappa shape index (κ1) is 9.41. The third-order valence-electron chi connectivity index (χ3n) is 1.75. The highest BCUT2D eigenvalue weighted by molar-refractivity contribution is 5.78. The second-order valence-corrected chi connectivity index (χ2v) is 2.53. The molecule has 0 spiro atoms. The first-order valence-electron chi connectivity index (χ1n) is 3.57. The summed E-state index contributed by atoms with van der Waals surface area (Å²) in [7, 11) is 2.79.